The maximum Gasteiger partial charge on any atom is 0.100 e. The first-order chi connectivity index (χ1) is 11.8. The average molecular weight is 302 g/mol. The standard InChI is InChI=1S/C22H10N2/c23-11-19-15-7-3-4-8-16(15)20(12-24)22-18-10-14-6-2-1-5-13(14)9-17(18)21(19)22/h1-10H. The molecule has 0 saturated carbocycles. The van der Waals surface area contributed by atoms with Crippen LogP contribution in [-0.2, 0) is 0 Å². The highest BCUT2D eigenvalue weighted by Crippen LogP contribution is 2.54. The molecule has 0 aromatic heterocycles. The molecule has 1 aliphatic rings. The van der Waals surface area contributed by atoms with Crippen LogP contribution in [0, 0.1) is 22.7 Å². The summed E-state index contributed by atoms with van der Waals surface area (Å²) < 4.78 is 0. The van der Waals surface area contributed by atoms with Crippen LogP contribution in [0.2, 0.25) is 0 Å². The van der Waals surface area contributed by atoms with E-state index in [1.54, 1.807) is 0 Å². The lowest BCUT2D eigenvalue weighted by molar-refractivity contribution is 1.45. The first-order valence-corrected chi connectivity index (χ1v) is 7.76. The molecular formula is C22H10N2. The van der Waals surface area contributed by atoms with E-state index in [9.17, 15) is 10.5 Å². The molecule has 0 unspecified atom stereocenters. The van der Waals surface area contributed by atoms with Gasteiger partial charge in [0.2, 0.25) is 0 Å². The highest BCUT2D eigenvalue weighted by molar-refractivity contribution is 6.17. The lowest BCUT2D eigenvalue weighted by Crippen LogP contribution is -2.06. The van der Waals surface area contributed by atoms with E-state index in [0.29, 0.717) is 11.1 Å². The Labute approximate surface area is 138 Å². The minimum absolute atomic E-state index is 0.669. The molecule has 0 fully saturated rings. The maximum atomic E-state index is 9.74. The molecule has 0 amide bonds. The van der Waals surface area contributed by atoms with Crippen molar-refractivity contribution in [1.82, 2.24) is 0 Å². The third kappa shape index (κ3) is 1.43. The van der Waals surface area contributed by atoms with Crippen molar-refractivity contribution in [3.8, 4) is 34.4 Å². The van der Waals surface area contributed by atoms with Crippen molar-refractivity contribution in [1.29, 1.82) is 10.5 Å². The van der Waals surface area contributed by atoms with Gasteiger partial charge in [-0.25, -0.2) is 0 Å². The molecule has 0 N–H and O–H groups in total. The highest BCUT2D eigenvalue weighted by Gasteiger charge is 2.31. The monoisotopic (exact) mass is 302 g/mol. The smallest absolute Gasteiger partial charge is 0.100 e. The fourth-order valence-electron chi connectivity index (χ4n) is 3.80. The van der Waals surface area contributed by atoms with Gasteiger partial charge >= 0.3 is 0 Å². The molecule has 108 valence electrons. The van der Waals surface area contributed by atoms with Crippen molar-refractivity contribution in [2.45, 2.75) is 0 Å². The first kappa shape index (κ1) is 12.9. The molecule has 5 rings (SSSR count). The van der Waals surface area contributed by atoms with Crippen molar-refractivity contribution in [3.05, 3.63) is 71.8 Å². The minimum atomic E-state index is 0.669. The quantitative estimate of drug-likeness (QED) is 0.385. The van der Waals surface area contributed by atoms with E-state index >= 15 is 0 Å². The van der Waals surface area contributed by atoms with Crippen LogP contribution in [-0.4, -0.2) is 0 Å². The number of nitriles is 2. The van der Waals surface area contributed by atoms with Crippen molar-refractivity contribution in [3.63, 3.8) is 0 Å². The molecule has 2 heteroatoms. The number of hydrogen-bond acceptors (Lipinski definition) is 2. The van der Waals surface area contributed by atoms with Gasteiger partial charge in [0.25, 0.3) is 0 Å². The summed E-state index contributed by atoms with van der Waals surface area (Å²) in [5.74, 6) is 0. The predicted molar refractivity (Wildman–Crippen MR) is 95.3 cm³/mol. The molecule has 0 aliphatic heterocycles. The fraction of sp³-hybridized carbons (Fsp3) is 0. The van der Waals surface area contributed by atoms with Gasteiger partial charge in [0.1, 0.15) is 12.1 Å². The fourth-order valence-corrected chi connectivity index (χ4v) is 3.80. The van der Waals surface area contributed by atoms with Crippen LogP contribution in [0.4, 0.5) is 0 Å². The maximum absolute atomic E-state index is 9.74. The summed E-state index contributed by atoms with van der Waals surface area (Å²) in [6, 6.07) is 24.8. The van der Waals surface area contributed by atoms with Gasteiger partial charge in [-0.15, -0.1) is 0 Å². The topological polar surface area (TPSA) is 47.6 Å². The summed E-state index contributed by atoms with van der Waals surface area (Å²) in [6.45, 7) is 0. The summed E-state index contributed by atoms with van der Waals surface area (Å²) in [7, 11) is 0. The summed E-state index contributed by atoms with van der Waals surface area (Å²) in [6.07, 6.45) is 0. The summed E-state index contributed by atoms with van der Waals surface area (Å²) >= 11 is 0. The second-order valence-corrected chi connectivity index (χ2v) is 6.01. The van der Waals surface area contributed by atoms with Crippen molar-refractivity contribution in [2.75, 3.05) is 0 Å². The van der Waals surface area contributed by atoms with Gasteiger partial charge in [-0.2, -0.15) is 10.5 Å². The van der Waals surface area contributed by atoms with E-state index in [1.165, 1.54) is 0 Å². The van der Waals surface area contributed by atoms with Crippen LogP contribution in [0.25, 0.3) is 43.8 Å². The second kappa shape index (κ2) is 4.44. The zero-order valence-electron chi connectivity index (χ0n) is 12.7. The Morgan fingerprint density at radius 2 is 1.00 bits per heavy atom. The molecule has 2 nitrogen and oxygen atoms in total. The Bertz CT molecular complexity index is 1170. The lowest BCUT2D eigenvalue weighted by atomic mass is 9.73. The van der Waals surface area contributed by atoms with Crippen LogP contribution in [0.3, 0.4) is 0 Å². The Kier molecular flexibility index (Phi) is 2.38. The number of rotatable bonds is 0. The Hall–Kier alpha value is -3.62. The van der Waals surface area contributed by atoms with E-state index in [-0.39, 0.29) is 0 Å². The van der Waals surface area contributed by atoms with Gasteiger partial charge in [0.15, 0.2) is 0 Å². The normalized spacial score (nSPS) is 11.2. The zero-order valence-corrected chi connectivity index (χ0v) is 12.7. The second-order valence-electron chi connectivity index (χ2n) is 6.01. The average Bonchev–Trinajstić information content (AvgIpc) is 2.64. The molecule has 4 aromatic carbocycles. The third-order valence-electron chi connectivity index (χ3n) is 4.86. The molecule has 0 bridgehead atoms. The predicted octanol–water partition coefficient (Wildman–Crippen LogP) is 5.38. The Morgan fingerprint density at radius 3 is 1.42 bits per heavy atom. The van der Waals surface area contributed by atoms with Crippen LogP contribution in [0.5, 0.6) is 0 Å². The number of benzene rings is 4. The number of fused-ring (bicyclic) bond motifs is 6. The molecule has 4 aromatic rings. The molecule has 1 aliphatic carbocycles. The molecule has 0 spiro atoms. The molecule has 0 heterocycles. The van der Waals surface area contributed by atoms with Gasteiger partial charge in [0, 0.05) is 21.9 Å². The molecule has 0 atom stereocenters. The van der Waals surface area contributed by atoms with Crippen LogP contribution >= 0.6 is 0 Å². The van der Waals surface area contributed by atoms with Crippen LogP contribution in [0.15, 0.2) is 60.7 Å². The number of hydrogen-bond donors (Lipinski definition) is 0. The van der Waals surface area contributed by atoms with Gasteiger partial charge in [-0.3, -0.25) is 0 Å². The van der Waals surface area contributed by atoms with Crippen LogP contribution < -0.4 is 0 Å². The highest BCUT2D eigenvalue weighted by atomic mass is 14.4. The van der Waals surface area contributed by atoms with Gasteiger partial charge in [-0.05, 0) is 34.0 Å². The largest absolute Gasteiger partial charge is 0.192 e. The summed E-state index contributed by atoms with van der Waals surface area (Å²) in [5, 5.41) is 23.5. The minimum Gasteiger partial charge on any atom is -0.192 e. The molecule has 24 heavy (non-hydrogen) atoms. The first-order valence-electron chi connectivity index (χ1n) is 7.76. The molecule has 0 saturated heterocycles. The van der Waals surface area contributed by atoms with Gasteiger partial charge in [-0.1, -0.05) is 48.5 Å². The number of nitrogens with zero attached hydrogens (tertiary/aromatic N) is 2. The third-order valence-corrected chi connectivity index (χ3v) is 4.86. The SMILES string of the molecule is N#Cc1c2c(c(C#N)c3ccccc13)-c1cc3ccccc3cc1-2. The van der Waals surface area contributed by atoms with E-state index < -0.39 is 0 Å². The summed E-state index contributed by atoms with van der Waals surface area (Å²) in [4.78, 5) is 0. The van der Waals surface area contributed by atoms with Crippen molar-refractivity contribution in [2.24, 2.45) is 0 Å². The van der Waals surface area contributed by atoms with E-state index in [2.05, 4.69) is 36.4 Å². The lowest BCUT2D eigenvalue weighted by Gasteiger charge is -2.28. The van der Waals surface area contributed by atoms with Crippen molar-refractivity contribution >= 4 is 21.5 Å². The van der Waals surface area contributed by atoms with E-state index in [1.807, 2.05) is 36.4 Å². The van der Waals surface area contributed by atoms with E-state index in [4.69, 9.17) is 0 Å². The van der Waals surface area contributed by atoms with E-state index in [0.717, 1.165) is 43.8 Å². The Morgan fingerprint density at radius 1 is 0.583 bits per heavy atom. The zero-order chi connectivity index (χ0) is 16.3. The Balaban J connectivity index is 1.98. The molecular weight excluding hydrogens is 292 g/mol. The van der Waals surface area contributed by atoms with Crippen molar-refractivity contribution < 1.29 is 0 Å². The summed E-state index contributed by atoms with van der Waals surface area (Å²) in [5.41, 5.74) is 5.33. The van der Waals surface area contributed by atoms with Gasteiger partial charge < -0.3 is 0 Å². The molecule has 0 radical (unpaired) electrons. The van der Waals surface area contributed by atoms with Crippen LogP contribution in [0.1, 0.15) is 11.1 Å². The van der Waals surface area contributed by atoms with Gasteiger partial charge in [0.05, 0.1) is 11.1 Å².